The number of phenols is 1. The first-order valence-electron chi connectivity index (χ1n) is 25.5. The molecule has 1 aromatic rings. The molecule has 3 saturated heterocycles. The van der Waals surface area contributed by atoms with Gasteiger partial charge < -0.3 is 54.9 Å². The summed E-state index contributed by atoms with van der Waals surface area (Å²) in [5, 5.41) is 40.6. The Morgan fingerprint density at radius 2 is 1.65 bits per heavy atom. The monoisotopic (exact) mass is 984 g/mol. The summed E-state index contributed by atoms with van der Waals surface area (Å²) >= 11 is 0. The van der Waals surface area contributed by atoms with Crippen molar-refractivity contribution in [3.05, 3.63) is 69.8 Å². The topological polar surface area (TPSA) is 223 Å². The number of aliphatic hydroxyl groups is 2. The number of piperidine rings is 2. The fourth-order valence-corrected chi connectivity index (χ4v) is 11.0. The standard InChI is InChI=1S/C53H73N7O11/c1-31(2)30-58-20-16-53(17-21-58)55-44-41-42-47(65)34(5)49-43(41)50(67)52(6,71-49)69-26-9-8-13-37(70-40(64)29-39(63)60-24-22-59(23-25-60)35-14-18-57(7)19-15-35)27-36(61)28-38(62)32(3)11-10-12-33(4)51(68)54-46(48(42)66)45(44)56-53/h9-12,26,31-32,35-38,56,61-62,65H,8,13-25,27-30H2,1-7H3,(H,54,68)/b11-10+,26-9+,33-12-/t32-,36-,37+,38+,52-/m0/s1. The highest BCUT2D eigenvalue weighted by molar-refractivity contribution is 6.34. The second-order valence-electron chi connectivity index (χ2n) is 21.2. The molecule has 5 atom stereocenters. The number of esters is 1. The summed E-state index contributed by atoms with van der Waals surface area (Å²) in [6.07, 6.45) is 8.14. The lowest BCUT2D eigenvalue weighted by atomic mass is 9.82. The third-order valence-corrected chi connectivity index (χ3v) is 15.3. The highest BCUT2D eigenvalue weighted by Gasteiger charge is 2.54. The van der Waals surface area contributed by atoms with Crippen LogP contribution in [0.4, 0.5) is 0 Å². The van der Waals surface area contributed by atoms with Crippen molar-refractivity contribution in [2.45, 2.75) is 135 Å². The smallest absolute Gasteiger partial charge is 0.315 e. The molecule has 7 aliphatic heterocycles. The van der Waals surface area contributed by atoms with Crippen LogP contribution < -0.4 is 15.4 Å². The molecule has 0 aromatic heterocycles. The lowest BCUT2D eigenvalue weighted by molar-refractivity contribution is -0.155. The van der Waals surface area contributed by atoms with E-state index in [-0.39, 0.29) is 82.3 Å². The van der Waals surface area contributed by atoms with Crippen molar-refractivity contribution >= 4 is 35.1 Å². The molecular formula is C53H73N7O11. The van der Waals surface area contributed by atoms with Gasteiger partial charge in [0.15, 0.2) is 0 Å². The van der Waals surface area contributed by atoms with Crippen LogP contribution in [-0.4, -0.2) is 172 Å². The van der Waals surface area contributed by atoms with Crippen molar-refractivity contribution in [3.8, 4) is 11.5 Å². The molecule has 71 heavy (non-hydrogen) atoms. The molecule has 5 bridgehead atoms. The van der Waals surface area contributed by atoms with Gasteiger partial charge in [-0.3, -0.25) is 33.9 Å². The predicted molar refractivity (Wildman–Crippen MR) is 265 cm³/mol. The quantitative estimate of drug-likeness (QED) is 0.202. The van der Waals surface area contributed by atoms with E-state index in [9.17, 15) is 39.3 Å². The van der Waals surface area contributed by atoms with Crippen LogP contribution in [0.2, 0.25) is 0 Å². The van der Waals surface area contributed by atoms with Crippen LogP contribution in [0.5, 0.6) is 11.5 Å². The van der Waals surface area contributed by atoms with Gasteiger partial charge in [0.25, 0.3) is 11.7 Å². The lowest BCUT2D eigenvalue weighted by Crippen LogP contribution is -2.54. The fraction of sp³-hybridized carbons (Fsp3) is 0.623. The number of ketones is 2. The van der Waals surface area contributed by atoms with Crippen LogP contribution in [0.1, 0.15) is 124 Å². The maximum Gasteiger partial charge on any atom is 0.315 e. The summed E-state index contributed by atoms with van der Waals surface area (Å²) in [5.41, 5.74) is -0.158. The second kappa shape index (κ2) is 21.4. The number of benzene rings is 1. The summed E-state index contributed by atoms with van der Waals surface area (Å²) in [4.78, 5) is 84.2. The number of Topliss-reactive ketones (excluding diaryl/α,β-unsaturated/α-hetero) is 2. The van der Waals surface area contributed by atoms with Gasteiger partial charge in [-0.15, -0.1) is 0 Å². The number of carbonyl (C=O) groups excluding carboxylic acids is 5. The number of aliphatic imine (C=N–C) groups is 1. The van der Waals surface area contributed by atoms with Gasteiger partial charge in [-0.05, 0) is 78.1 Å². The first-order valence-corrected chi connectivity index (χ1v) is 25.5. The first-order chi connectivity index (χ1) is 33.8. The van der Waals surface area contributed by atoms with Gasteiger partial charge >= 0.3 is 11.8 Å². The molecule has 386 valence electrons. The van der Waals surface area contributed by atoms with Crippen LogP contribution in [-0.2, 0) is 23.9 Å². The molecule has 0 saturated carbocycles. The van der Waals surface area contributed by atoms with Crippen LogP contribution in [0.25, 0.3) is 0 Å². The Bertz CT molecular complexity index is 2420. The molecular weight excluding hydrogens is 911 g/mol. The van der Waals surface area contributed by atoms with E-state index >= 15 is 0 Å². The van der Waals surface area contributed by atoms with Crippen LogP contribution >= 0.6 is 0 Å². The van der Waals surface area contributed by atoms with Crippen molar-refractivity contribution in [2.75, 3.05) is 66.0 Å². The third kappa shape index (κ3) is 11.2. The zero-order valence-electron chi connectivity index (χ0n) is 42.4. The number of phenolic OH excluding ortho intramolecular Hbond substituents is 1. The summed E-state index contributed by atoms with van der Waals surface area (Å²) in [6.45, 7) is 17.7. The minimum atomic E-state index is -1.93. The molecule has 9 rings (SSSR count). The zero-order valence-corrected chi connectivity index (χ0v) is 42.4. The molecule has 1 spiro atoms. The highest BCUT2D eigenvalue weighted by atomic mass is 16.7. The van der Waals surface area contributed by atoms with Crippen molar-refractivity contribution in [1.82, 2.24) is 30.2 Å². The summed E-state index contributed by atoms with van der Waals surface area (Å²) in [7, 11) is 2.13. The Morgan fingerprint density at radius 1 is 0.944 bits per heavy atom. The van der Waals surface area contributed by atoms with Gasteiger partial charge in [0.1, 0.15) is 35.4 Å². The van der Waals surface area contributed by atoms with E-state index < -0.39 is 71.3 Å². The normalized spacial score (nSPS) is 29.9. The lowest BCUT2D eigenvalue weighted by Gasteiger charge is -2.42. The average Bonchev–Trinajstić information content (AvgIpc) is 3.83. The number of amides is 2. The number of likely N-dealkylation sites (tertiary alicyclic amines) is 2. The second-order valence-corrected chi connectivity index (χ2v) is 21.2. The third-order valence-electron chi connectivity index (χ3n) is 15.3. The first kappa shape index (κ1) is 51.9. The minimum Gasteiger partial charge on any atom is -0.507 e. The van der Waals surface area contributed by atoms with E-state index in [2.05, 4.69) is 46.2 Å². The van der Waals surface area contributed by atoms with Crippen LogP contribution in [0.3, 0.4) is 0 Å². The molecule has 18 nitrogen and oxygen atoms in total. The molecule has 8 aliphatic rings. The largest absolute Gasteiger partial charge is 0.507 e. The Balaban J connectivity index is 1.04. The van der Waals surface area contributed by atoms with Crippen molar-refractivity contribution < 1.29 is 53.5 Å². The number of aromatic hydroxyl groups is 1. The fourth-order valence-electron chi connectivity index (χ4n) is 11.0. The van der Waals surface area contributed by atoms with E-state index in [0.717, 1.165) is 58.7 Å². The van der Waals surface area contributed by atoms with E-state index in [1.807, 2.05) is 0 Å². The number of allylic oxidation sites excluding steroid dienone is 5. The molecule has 7 heterocycles. The Hall–Kier alpha value is -5.40. The molecule has 5 N–H and O–H groups in total. The molecule has 0 radical (unpaired) electrons. The van der Waals surface area contributed by atoms with Gasteiger partial charge in [0.2, 0.25) is 11.7 Å². The summed E-state index contributed by atoms with van der Waals surface area (Å²) in [5.74, 6) is -5.26. The van der Waals surface area contributed by atoms with E-state index in [1.165, 1.54) is 13.2 Å². The van der Waals surface area contributed by atoms with E-state index in [4.69, 9.17) is 19.2 Å². The predicted octanol–water partition coefficient (Wildman–Crippen LogP) is 3.86. The molecule has 1 aromatic carbocycles. The minimum absolute atomic E-state index is 0.0220. The van der Waals surface area contributed by atoms with E-state index in [0.29, 0.717) is 37.9 Å². The number of rotatable bonds is 6. The summed E-state index contributed by atoms with van der Waals surface area (Å²) in [6, 6.07) is 0.494. The number of hydrogen-bond acceptors (Lipinski definition) is 16. The number of hydrogen-bond donors (Lipinski definition) is 5. The SMILES string of the molecule is C/C1=C/C=C/[C@H](C)[C@H](O)C[C@@H](O)C[C@H](OC(=O)CC(=O)N2CCN(C3CCN(C)CC3)CC2)CC/C=C/O[C@@]2(C)Oc3c(C)c(O)c4c(c3C2=O)C2=NC3(CCN(CC(C)C)CC3)NC2=C(NC1=O)C4=O. The Kier molecular flexibility index (Phi) is 15.6. The Labute approximate surface area is 416 Å². The highest BCUT2D eigenvalue weighted by Crippen LogP contribution is 2.50. The van der Waals surface area contributed by atoms with Gasteiger partial charge in [0.05, 0.1) is 41.0 Å². The van der Waals surface area contributed by atoms with Gasteiger partial charge in [0, 0.05) is 101 Å². The number of carbonyl (C=O) groups is 5. The average molecular weight is 984 g/mol. The van der Waals surface area contributed by atoms with E-state index in [1.54, 1.807) is 50.0 Å². The van der Waals surface area contributed by atoms with Gasteiger partial charge in [-0.2, -0.15) is 0 Å². The zero-order chi connectivity index (χ0) is 50.9. The number of nitrogens with zero attached hydrogens (tertiary/aromatic N) is 5. The van der Waals surface area contributed by atoms with Crippen LogP contribution in [0, 0.1) is 18.8 Å². The molecule has 1 aliphatic carbocycles. The molecule has 3 fully saturated rings. The van der Waals surface area contributed by atoms with Crippen molar-refractivity contribution in [2.24, 2.45) is 16.8 Å². The van der Waals surface area contributed by atoms with Crippen molar-refractivity contribution in [3.63, 3.8) is 0 Å². The van der Waals surface area contributed by atoms with Gasteiger partial charge in [-0.1, -0.05) is 39.0 Å². The number of piperazine rings is 1. The van der Waals surface area contributed by atoms with Crippen molar-refractivity contribution in [1.29, 1.82) is 0 Å². The van der Waals surface area contributed by atoms with Crippen LogP contribution in [0.15, 0.2) is 52.5 Å². The Morgan fingerprint density at radius 3 is 2.34 bits per heavy atom. The molecule has 18 heteroatoms. The number of aliphatic hydroxyl groups excluding tert-OH is 2. The maximum atomic E-state index is 14.7. The maximum absolute atomic E-state index is 14.7. The summed E-state index contributed by atoms with van der Waals surface area (Å²) < 4.78 is 18.2. The molecule has 0 unspecified atom stereocenters. The number of fused-ring (bicyclic) bond motifs is 13. The number of nitrogens with one attached hydrogen (secondary N) is 2. The van der Waals surface area contributed by atoms with Gasteiger partial charge in [-0.25, -0.2) is 0 Å². The molecule has 2 amide bonds. The number of ether oxygens (including phenoxy) is 3.